The van der Waals surface area contributed by atoms with Crippen LogP contribution in [0.3, 0.4) is 0 Å². The van der Waals surface area contributed by atoms with Crippen molar-refractivity contribution in [2.45, 2.75) is 24.0 Å². The molecule has 0 radical (unpaired) electrons. The van der Waals surface area contributed by atoms with Gasteiger partial charge in [0.2, 0.25) is 9.84 Å². The molecule has 1 N–H and O–H groups in total. The quantitative estimate of drug-likeness (QED) is 0.748. The summed E-state index contributed by atoms with van der Waals surface area (Å²) in [5.74, 6) is -3.41. The van der Waals surface area contributed by atoms with E-state index in [9.17, 15) is 17.2 Å². The second kappa shape index (κ2) is 7.54. The number of likely N-dealkylation sites (N-methyl/N-ethyl adjacent to an activating group) is 1. The fraction of sp³-hybridized carbons (Fsp3) is 0.538. The van der Waals surface area contributed by atoms with Gasteiger partial charge in [-0.15, -0.1) is 0 Å². The average molecular weight is 306 g/mol. The smallest absolute Gasteiger partial charge is 0.341 e. The molecule has 0 spiro atoms. The van der Waals surface area contributed by atoms with E-state index in [-0.39, 0.29) is 4.90 Å². The summed E-state index contributed by atoms with van der Waals surface area (Å²) in [4.78, 5) is 1.34. The van der Waals surface area contributed by atoms with E-state index in [1.165, 1.54) is 18.2 Å². The lowest BCUT2D eigenvalue weighted by molar-refractivity contribution is 0.235. The summed E-state index contributed by atoms with van der Waals surface area (Å²) in [6, 6.07) is 5.83. The first-order chi connectivity index (χ1) is 9.41. The Morgan fingerprint density at radius 2 is 1.90 bits per heavy atom. The fourth-order valence-electron chi connectivity index (χ4n) is 1.78. The van der Waals surface area contributed by atoms with Gasteiger partial charge in [0.1, 0.15) is 0 Å². The summed E-state index contributed by atoms with van der Waals surface area (Å²) >= 11 is 0. The van der Waals surface area contributed by atoms with E-state index in [1.54, 1.807) is 18.0 Å². The number of alkyl halides is 2. The first-order valence-electron chi connectivity index (χ1n) is 6.44. The number of halogens is 2. The van der Waals surface area contributed by atoms with E-state index in [0.717, 1.165) is 13.0 Å². The number of nitrogens with zero attached hydrogens (tertiary/aromatic N) is 1. The highest BCUT2D eigenvalue weighted by atomic mass is 32.2. The average Bonchev–Trinajstić information content (AvgIpc) is 2.43. The van der Waals surface area contributed by atoms with Gasteiger partial charge in [0.15, 0.2) is 0 Å². The molecule has 7 heteroatoms. The molecule has 1 aromatic rings. The number of hydrogen-bond donors (Lipinski definition) is 1. The lowest BCUT2D eigenvalue weighted by atomic mass is 10.3. The van der Waals surface area contributed by atoms with E-state index in [0.29, 0.717) is 18.8 Å². The van der Waals surface area contributed by atoms with Gasteiger partial charge in [-0.2, -0.15) is 8.78 Å². The van der Waals surface area contributed by atoms with Gasteiger partial charge < -0.3 is 10.2 Å². The molecule has 4 nitrogen and oxygen atoms in total. The summed E-state index contributed by atoms with van der Waals surface area (Å²) in [5, 5.41) is 3.18. The van der Waals surface area contributed by atoms with Crippen LogP contribution in [0.15, 0.2) is 29.2 Å². The minimum Gasteiger partial charge on any atom is -0.372 e. The minimum atomic E-state index is -4.58. The van der Waals surface area contributed by atoms with Crippen LogP contribution in [-0.4, -0.2) is 40.9 Å². The zero-order valence-corrected chi connectivity index (χ0v) is 12.5. The Kier molecular flexibility index (Phi) is 6.35. The van der Waals surface area contributed by atoms with Crippen molar-refractivity contribution in [1.82, 2.24) is 5.32 Å². The van der Waals surface area contributed by atoms with Crippen molar-refractivity contribution in [3.63, 3.8) is 0 Å². The Morgan fingerprint density at radius 1 is 1.25 bits per heavy atom. The van der Waals surface area contributed by atoms with Gasteiger partial charge in [-0.1, -0.05) is 19.1 Å². The molecule has 0 aliphatic rings. The maximum atomic E-state index is 12.7. The second-order valence-electron chi connectivity index (χ2n) is 4.44. The van der Waals surface area contributed by atoms with Crippen LogP contribution in [0.2, 0.25) is 0 Å². The van der Waals surface area contributed by atoms with Crippen LogP contribution in [-0.2, 0) is 9.84 Å². The van der Waals surface area contributed by atoms with Crippen molar-refractivity contribution in [2.75, 3.05) is 31.6 Å². The van der Waals surface area contributed by atoms with E-state index in [1.807, 2.05) is 6.92 Å². The summed E-state index contributed by atoms with van der Waals surface area (Å²) < 4.78 is 48.6. The molecule has 1 aromatic carbocycles. The number of nitrogens with one attached hydrogen (secondary N) is 1. The lowest BCUT2D eigenvalue weighted by Crippen LogP contribution is -2.30. The van der Waals surface area contributed by atoms with Crippen LogP contribution in [0.5, 0.6) is 0 Å². The van der Waals surface area contributed by atoms with Crippen LogP contribution < -0.4 is 10.2 Å². The molecule has 0 saturated heterocycles. The third-order valence-electron chi connectivity index (χ3n) is 2.87. The lowest BCUT2D eigenvalue weighted by Gasteiger charge is -2.22. The van der Waals surface area contributed by atoms with Crippen molar-refractivity contribution in [1.29, 1.82) is 0 Å². The van der Waals surface area contributed by atoms with Gasteiger partial charge in [-0.05, 0) is 25.1 Å². The highest BCUT2D eigenvalue weighted by Crippen LogP contribution is 2.28. The molecule has 0 bridgehead atoms. The fourth-order valence-corrected chi connectivity index (χ4v) is 2.75. The predicted octanol–water partition coefficient (Wildman–Crippen LogP) is 2.12. The van der Waals surface area contributed by atoms with Gasteiger partial charge in [0.25, 0.3) is 0 Å². The first kappa shape index (κ1) is 16.8. The van der Waals surface area contributed by atoms with Crippen molar-refractivity contribution < 1.29 is 17.2 Å². The second-order valence-corrected chi connectivity index (χ2v) is 6.33. The molecule has 0 saturated carbocycles. The zero-order chi connectivity index (χ0) is 15.2. The molecule has 20 heavy (non-hydrogen) atoms. The van der Waals surface area contributed by atoms with Crippen LogP contribution in [0.4, 0.5) is 14.5 Å². The number of para-hydroxylation sites is 1. The van der Waals surface area contributed by atoms with Crippen molar-refractivity contribution in [2.24, 2.45) is 0 Å². The number of hydrogen-bond acceptors (Lipinski definition) is 4. The Balaban J connectivity index is 2.91. The summed E-state index contributed by atoms with van der Waals surface area (Å²) in [7, 11) is -2.90. The first-order valence-corrected chi connectivity index (χ1v) is 7.98. The molecule has 1 rings (SSSR count). The summed E-state index contributed by atoms with van der Waals surface area (Å²) in [6.07, 6.45) is 1.00. The maximum Gasteiger partial charge on any atom is 0.341 e. The van der Waals surface area contributed by atoms with Crippen LogP contribution in [0, 0.1) is 0 Å². The van der Waals surface area contributed by atoms with Gasteiger partial charge in [0, 0.05) is 20.1 Å². The van der Waals surface area contributed by atoms with Gasteiger partial charge in [-0.25, -0.2) is 8.42 Å². The predicted molar refractivity (Wildman–Crippen MR) is 76.1 cm³/mol. The molecule has 0 aromatic heterocycles. The SMILES string of the molecule is CCCNCCN(C)c1ccccc1S(=O)(=O)C(F)F. The molecule has 0 heterocycles. The van der Waals surface area contributed by atoms with Gasteiger partial charge >= 0.3 is 5.76 Å². The van der Waals surface area contributed by atoms with Crippen molar-refractivity contribution in [3.8, 4) is 0 Å². The number of anilines is 1. The van der Waals surface area contributed by atoms with Crippen molar-refractivity contribution >= 4 is 15.5 Å². The molecule has 0 amide bonds. The summed E-state index contributed by atoms with van der Waals surface area (Å²) in [5.41, 5.74) is 0.297. The van der Waals surface area contributed by atoms with Crippen LogP contribution >= 0.6 is 0 Å². The number of sulfone groups is 1. The largest absolute Gasteiger partial charge is 0.372 e. The highest BCUT2D eigenvalue weighted by molar-refractivity contribution is 7.91. The monoisotopic (exact) mass is 306 g/mol. The Morgan fingerprint density at radius 3 is 2.50 bits per heavy atom. The molecule has 0 aliphatic heterocycles. The molecular weight excluding hydrogens is 286 g/mol. The Labute approximate surface area is 118 Å². The number of benzene rings is 1. The maximum absolute atomic E-state index is 12.7. The zero-order valence-electron chi connectivity index (χ0n) is 11.6. The molecule has 0 atom stereocenters. The Hall–Kier alpha value is -1.21. The highest BCUT2D eigenvalue weighted by Gasteiger charge is 2.29. The molecule has 0 fully saturated rings. The third-order valence-corrected chi connectivity index (χ3v) is 4.30. The minimum absolute atomic E-state index is 0.297. The van der Waals surface area contributed by atoms with Gasteiger partial charge in [-0.3, -0.25) is 0 Å². The molecular formula is C13H20F2N2O2S. The normalized spacial score (nSPS) is 11.8. The van der Waals surface area contributed by atoms with Crippen LogP contribution in [0.1, 0.15) is 13.3 Å². The summed E-state index contributed by atoms with van der Waals surface area (Å²) in [6.45, 7) is 4.11. The molecule has 0 aliphatic carbocycles. The Bertz CT molecular complexity index is 521. The van der Waals surface area contributed by atoms with Crippen molar-refractivity contribution in [3.05, 3.63) is 24.3 Å². The van der Waals surface area contributed by atoms with Crippen LogP contribution in [0.25, 0.3) is 0 Å². The molecule has 0 unspecified atom stereocenters. The molecule has 114 valence electrons. The standard InChI is InChI=1S/C13H20F2N2O2S/c1-3-8-16-9-10-17(2)11-6-4-5-7-12(11)20(18,19)13(14)15/h4-7,13,16H,3,8-10H2,1-2H3. The van der Waals surface area contributed by atoms with E-state index in [4.69, 9.17) is 0 Å². The topological polar surface area (TPSA) is 49.4 Å². The van der Waals surface area contributed by atoms with Gasteiger partial charge in [0.05, 0.1) is 10.6 Å². The van der Waals surface area contributed by atoms with E-state index in [2.05, 4.69) is 5.32 Å². The number of rotatable bonds is 8. The van der Waals surface area contributed by atoms with E-state index < -0.39 is 15.6 Å². The third kappa shape index (κ3) is 4.14. The van der Waals surface area contributed by atoms with E-state index >= 15 is 0 Å².